The Kier molecular flexibility index (Phi) is 6.10. The van der Waals surface area contributed by atoms with Crippen molar-refractivity contribution >= 4 is 54.8 Å². The monoisotopic (exact) mass is 589 g/mol. The van der Waals surface area contributed by atoms with Gasteiger partial charge in [-0.15, -0.1) is 0 Å². The molecule has 9 aromatic rings. The number of hydrogen-bond donors (Lipinski definition) is 0. The Morgan fingerprint density at radius 3 is 2.00 bits per heavy atom. The van der Waals surface area contributed by atoms with Gasteiger partial charge in [0.1, 0.15) is 16.9 Å². The molecule has 4 bridgehead atoms. The van der Waals surface area contributed by atoms with Crippen molar-refractivity contribution < 1.29 is 4.42 Å². The highest BCUT2D eigenvalue weighted by Gasteiger charge is 2.17. The zero-order valence-corrected chi connectivity index (χ0v) is 24.8. The van der Waals surface area contributed by atoms with Gasteiger partial charge in [0.05, 0.1) is 22.2 Å². The number of aromatic nitrogens is 3. The molecule has 4 heteroatoms. The Morgan fingerprint density at radius 1 is 0.478 bits per heavy atom. The summed E-state index contributed by atoms with van der Waals surface area (Å²) in [5.74, 6) is 0. The summed E-state index contributed by atoms with van der Waals surface area (Å²) in [5.41, 5.74) is 9.73. The molecule has 7 aromatic carbocycles. The molecule has 0 atom stereocenters. The molecule has 0 spiro atoms. The van der Waals surface area contributed by atoms with E-state index in [1.807, 2.05) is 48.5 Å². The van der Waals surface area contributed by atoms with Gasteiger partial charge in [-0.1, -0.05) is 103 Å². The van der Waals surface area contributed by atoms with Crippen LogP contribution in [0.2, 0.25) is 0 Å². The Hall–Kier alpha value is -6.26. The molecule has 0 unspecified atom stereocenters. The van der Waals surface area contributed by atoms with Gasteiger partial charge in [0, 0.05) is 33.8 Å². The van der Waals surface area contributed by atoms with Crippen LogP contribution in [0.1, 0.15) is 0 Å². The Bertz CT molecular complexity index is 2630. The number of para-hydroxylation sites is 4. The topological polar surface area (TPSA) is 43.9 Å². The molecule has 2 aromatic heterocycles. The van der Waals surface area contributed by atoms with Crippen molar-refractivity contribution in [2.75, 3.05) is 0 Å². The lowest BCUT2D eigenvalue weighted by molar-refractivity contribution is 0.657. The second kappa shape index (κ2) is 10.7. The molecule has 0 saturated carbocycles. The maximum atomic E-state index is 6.89. The van der Waals surface area contributed by atoms with Crippen molar-refractivity contribution in [2.45, 2.75) is 0 Å². The molecular weight excluding hydrogens is 562 g/mol. The van der Waals surface area contributed by atoms with E-state index < -0.39 is 0 Å². The molecule has 0 fully saturated rings. The Balaban J connectivity index is 1.48. The molecule has 216 valence electrons. The second-order valence-corrected chi connectivity index (χ2v) is 11.4. The lowest BCUT2D eigenvalue weighted by atomic mass is 10.0. The molecule has 0 aliphatic rings. The van der Waals surface area contributed by atoms with Gasteiger partial charge in [0.15, 0.2) is 0 Å². The van der Waals surface area contributed by atoms with E-state index in [0.717, 1.165) is 77.4 Å². The zero-order chi connectivity index (χ0) is 30.5. The molecule has 0 saturated heterocycles. The molecule has 4 nitrogen and oxygen atoms in total. The van der Waals surface area contributed by atoms with Gasteiger partial charge in [-0.05, 0) is 70.8 Å². The summed E-state index contributed by atoms with van der Waals surface area (Å²) in [7, 11) is 0. The number of fused-ring (bicyclic) bond motifs is 6. The molecule has 0 aliphatic heterocycles. The summed E-state index contributed by atoms with van der Waals surface area (Å²) in [4.78, 5) is 10.4. The number of benzene rings is 7. The molecule has 2 heterocycles. The standard InChI is InChI=1S/C42H27N3O/c1-3-12-29(13-4-1)41-42(44-38-20-9-8-19-37(38)43-41)35-25-23-31-26-40(35)46-32-24-22-28-14-11-18-33(36(28)27-32)34-17-7-10-21-39(34)45(31)30-15-5-2-6-16-30/h1-27H. The molecule has 0 radical (unpaired) electrons. The largest absolute Gasteiger partial charge is 0.457 e. The summed E-state index contributed by atoms with van der Waals surface area (Å²) in [6, 6.07) is 56.6. The van der Waals surface area contributed by atoms with Crippen molar-refractivity contribution in [3.05, 3.63) is 164 Å². The minimum Gasteiger partial charge on any atom is -0.457 e. The second-order valence-electron chi connectivity index (χ2n) is 11.4. The van der Waals surface area contributed by atoms with Crippen LogP contribution in [-0.4, -0.2) is 14.5 Å². The van der Waals surface area contributed by atoms with Crippen molar-refractivity contribution in [3.63, 3.8) is 0 Å². The fourth-order valence-corrected chi connectivity index (χ4v) is 6.49. The van der Waals surface area contributed by atoms with Crippen molar-refractivity contribution in [2.24, 2.45) is 0 Å². The van der Waals surface area contributed by atoms with Crippen molar-refractivity contribution in [3.8, 4) is 28.2 Å². The van der Waals surface area contributed by atoms with Gasteiger partial charge in [-0.2, -0.15) is 0 Å². The Labute approximate surface area is 265 Å². The van der Waals surface area contributed by atoms with Gasteiger partial charge in [0.25, 0.3) is 0 Å². The van der Waals surface area contributed by atoms with E-state index in [4.69, 9.17) is 14.4 Å². The third-order valence-electron chi connectivity index (χ3n) is 8.63. The van der Waals surface area contributed by atoms with Crippen LogP contribution in [0.15, 0.2) is 168 Å². The van der Waals surface area contributed by atoms with Crippen LogP contribution in [-0.2, 0) is 0 Å². The first-order valence-electron chi connectivity index (χ1n) is 15.4. The third kappa shape index (κ3) is 4.39. The molecule has 0 amide bonds. The maximum absolute atomic E-state index is 6.89. The zero-order valence-electron chi connectivity index (χ0n) is 24.8. The summed E-state index contributed by atoms with van der Waals surface area (Å²) in [6.45, 7) is 0. The SMILES string of the molecule is c1ccc(-c2nc3ccccc3nc2-c2ccc3cc2oc2ccc4cccc(c4c2)c2ccccc2n3-c2ccccc2)cc1. The minimum absolute atomic E-state index is 0.705. The van der Waals surface area contributed by atoms with Crippen molar-refractivity contribution in [1.29, 1.82) is 0 Å². The number of nitrogens with zero attached hydrogens (tertiary/aromatic N) is 3. The fraction of sp³-hybridized carbons (Fsp3) is 0. The normalized spacial score (nSPS) is 11.5. The average molecular weight is 590 g/mol. The van der Waals surface area contributed by atoms with Crippen LogP contribution in [0, 0.1) is 0 Å². The van der Waals surface area contributed by atoms with Crippen molar-refractivity contribution in [1.82, 2.24) is 14.5 Å². The molecule has 0 N–H and O–H groups in total. The minimum atomic E-state index is 0.705. The van der Waals surface area contributed by atoms with Gasteiger partial charge in [0.2, 0.25) is 0 Å². The van der Waals surface area contributed by atoms with Gasteiger partial charge in [-0.25, -0.2) is 9.97 Å². The third-order valence-corrected chi connectivity index (χ3v) is 8.63. The van der Waals surface area contributed by atoms with Gasteiger partial charge < -0.3 is 8.98 Å². The Morgan fingerprint density at radius 2 is 1.17 bits per heavy atom. The summed E-state index contributed by atoms with van der Waals surface area (Å²) < 4.78 is 9.20. The molecule has 9 rings (SSSR count). The lowest BCUT2D eigenvalue weighted by Crippen LogP contribution is -1.98. The van der Waals surface area contributed by atoms with E-state index in [2.05, 4.69) is 120 Å². The lowest BCUT2D eigenvalue weighted by Gasteiger charge is -2.14. The number of rotatable bonds is 3. The molecule has 46 heavy (non-hydrogen) atoms. The fourth-order valence-electron chi connectivity index (χ4n) is 6.49. The van der Waals surface area contributed by atoms with Crippen LogP contribution in [0.3, 0.4) is 0 Å². The van der Waals surface area contributed by atoms with E-state index >= 15 is 0 Å². The van der Waals surface area contributed by atoms with Crippen LogP contribution in [0.5, 0.6) is 0 Å². The van der Waals surface area contributed by atoms with Gasteiger partial charge in [-0.3, -0.25) is 0 Å². The smallest absolute Gasteiger partial charge is 0.138 e. The van der Waals surface area contributed by atoms with Crippen LogP contribution in [0.25, 0.3) is 83.0 Å². The highest BCUT2D eigenvalue weighted by Crippen LogP contribution is 2.36. The van der Waals surface area contributed by atoms with E-state index in [9.17, 15) is 0 Å². The van der Waals surface area contributed by atoms with E-state index in [0.29, 0.717) is 5.58 Å². The first kappa shape index (κ1) is 26.2. The van der Waals surface area contributed by atoms with Crippen LogP contribution >= 0.6 is 0 Å². The average Bonchev–Trinajstić information content (AvgIpc) is 3.13. The predicted molar refractivity (Wildman–Crippen MR) is 190 cm³/mol. The first-order chi connectivity index (χ1) is 22.8. The molecular formula is C42H27N3O. The first-order valence-corrected chi connectivity index (χ1v) is 15.4. The van der Waals surface area contributed by atoms with Crippen LogP contribution in [0.4, 0.5) is 0 Å². The van der Waals surface area contributed by atoms with E-state index in [1.165, 1.54) is 0 Å². The summed E-state index contributed by atoms with van der Waals surface area (Å²) in [5, 5.41) is 4.59. The molecule has 0 aliphatic carbocycles. The highest BCUT2D eigenvalue weighted by molar-refractivity contribution is 6.12. The number of hydrogen-bond acceptors (Lipinski definition) is 3. The maximum Gasteiger partial charge on any atom is 0.138 e. The van der Waals surface area contributed by atoms with Crippen LogP contribution < -0.4 is 0 Å². The summed E-state index contributed by atoms with van der Waals surface area (Å²) in [6.07, 6.45) is 0. The van der Waals surface area contributed by atoms with E-state index in [-0.39, 0.29) is 0 Å². The summed E-state index contributed by atoms with van der Waals surface area (Å²) >= 11 is 0. The van der Waals surface area contributed by atoms with Gasteiger partial charge >= 0.3 is 0 Å². The highest BCUT2D eigenvalue weighted by atomic mass is 16.3. The van der Waals surface area contributed by atoms with E-state index in [1.54, 1.807) is 0 Å². The predicted octanol–water partition coefficient (Wildman–Crippen LogP) is 11.1. The quantitative estimate of drug-likeness (QED) is 0.206.